The molecule has 2 fully saturated rings. The maximum Gasteiger partial charge on any atom is 0.244 e. The maximum absolute atomic E-state index is 5.53. The minimum absolute atomic E-state index is 0.147. The van der Waals surface area contributed by atoms with Crippen molar-refractivity contribution in [1.82, 2.24) is 15.5 Å². The molecule has 134 valence electrons. The Labute approximate surface area is 149 Å². The number of hydrogen-bond donors (Lipinski definition) is 1. The summed E-state index contributed by atoms with van der Waals surface area (Å²) in [4.78, 5) is 4.51. The van der Waals surface area contributed by atoms with Crippen LogP contribution in [0.2, 0.25) is 0 Å². The van der Waals surface area contributed by atoms with Crippen molar-refractivity contribution in [3.8, 4) is 0 Å². The van der Waals surface area contributed by atoms with E-state index in [1.165, 1.54) is 24.0 Å². The molecule has 2 aromatic rings. The van der Waals surface area contributed by atoms with E-state index < -0.39 is 0 Å². The predicted molar refractivity (Wildman–Crippen MR) is 95.4 cm³/mol. The van der Waals surface area contributed by atoms with Gasteiger partial charge in [-0.25, -0.2) is 0 Å². The monoisotopic (exact) mass is 341 g/mol. The molecule has 2 aliphatic rings. The molecular formula is C20H27N3O2. The van der Waals surface area contributed by atoms with Crippen LogP contribution in [0.4, 0.5) is 0 Å². The Hall–Kier alpha value is -1.72. The highest BCUT2D eigenvalue weighted by Crippen LogP contribution is 2.40. The Morgan fingerprint density at radius 2 is 1.96 bits per heavy atom. The smallest absolute Gasteiger partial charge is 0.244 e. The van der Waals surface area contributed by atoms with E-state index in [4.69, 9.17) is 9.26 Å². The number of rotatable bonds is 5. The fraction of sp³-hybridized carbons (Fsp3) is 0.600. The summed E-state index contributed by atoms with van der Waals surface area (Å²) in [6, 6.07) is 9.57. The summed E-state index contributed by atoms with van der Waals surface area (Å²) in [7, 11) is 0. The van der Waals surface area contributed by atoms with Gasteiger partial charge >= 0.3 is 0 Å². The lowest BCUT2D eigenvalue weighted by molar-refractivity contribution is 0.0436. The third-order valence-electron chi connectivity index (χ3n) is 5.61. The first-order chi connectivity index (χ1) is 12.2. The van der Waals surface area contributed by atoms with Gasteiger partial charge in [0.05, 0.1) is 6.04 Å². The molecule has 5 nitrogen and oxygen atoms in total. The molecule has 0 amide bonds. The zero-order chi connectivity index (χ0) is 17.2. The third-order valence-corrected chi connectivity index (χ3v) is 5.61. The van der Waals surface area contributed by atoms with Gasteiger partial charge in [-0.1, -0.05) is 35.0 Å². The summed E-state index contributed by atoms with van der Waals surface area (Å²) in [5.41, 5.74) is 2.81. The quantitative estimate of drug-likeness (QED) is 0.899. The molecule has 1 aliphatic carbocycles. The molecule has 2 heterocycles. The van der Waals surface area contributed by atoms with Crippen LogP contribution < -0.4 is 5.32 Å². The van der Waals surface area contributed by atoms with Crippen LogP contribution in [-0.4, -0.2) is 29.4 Å². The van der Waals surface area contributed by atoms with Crippen LogP contribution in [0.1, 0.15) is 60.5 Å². The van der Waals surface area contributed by atoms with Gasteiger partial charge in [0.1, 0.15) is 0 Å². The van der Waals surface area contributed by atoms with Gasteiger partial charge in [-0.15, -0.1) is 0 Å². The summed E-state index contributed by atoms with van der Waals surface area (Å²) < 4.78 is 11.0. The van der Waals surface area contributed by atoms with Crippen LogP contribution in [0.15, 0.2) is 28.8 Å². The topological polar surface area (TPSA) is 60.2 Å². The van der Waals surface area contributed by atoms with Crippen LogP contribution in [0.3, 0.4) is 0 Å². The highest BCUT2D eigenvalue weighted by atomic mass is 16.5. The van der Waals surface area contributed by atoms with Gasteiger partial charge in [0.25, 0.3) is 0 Å². The molecule has 0 radical (unpaired) electrons. The molecule has 1 atom stereocenters. The molecule has 0 bridgehead atoms. The van der Waals surface area contributed by atoms with Gasteiger partial charge < -0.3 is 14.6 Å². The number of aromatic nitrogens is 2. The number of hydrogen-bond acceptors (Lipinski definition) is 5. The van der Waals surface area contributed by atoms with Gasteiger partial charge in [0, 0.05) is 19.3 Å². The second-order valence-electron chi connectivity index (χ2n) is 7.55. The average molecular weight is 341 g/mol. The maximum atomic E-state index is 5.53. The molecule has 1 aromatic heterocycles. The van der Waals surface area contributed by atoms with Crippen molar-refractivity contribution in [2.75, 3.05) is 13.2 Å². The standard InChI is InChI=1S/C20H27N3O2/c1-13-4-3-5-16(10-13)17-11-18(12-17)22-19(15-6-8-24-9-7-15)20-21-14(2)23-25-20/h3-5,10,15,17-19,22H,6-9,11-12H2,1-2H3/t17?,18?,19-/m1/s1. The first-order valence-corrected chi connectivity index (χ1v) is 9.39. The van der Waals surface area contributed by atoms with Crippen LogP contribution in [-0.2, 0) is 4.74 Å². The minimum Gasteiger partial charge on any atom is -0.381 e. The van der Waals surface area contributed by atoms with Crippen molar-refractivity contribution in [3.63, 3.8) is 0 Å². The van der Waals surface area contributed by atoms with E-state index in [0.717, 1.165) is 31.9 Å². The first kappa shape index (κ1) is 16.7. The van der Waals surface area contributed by atoms with Crippen molar-refractivity contribution in [2.24, 2.45) is 5.92 Å². The van der Waals surface area contributed by atoms with E-state index in [2.05, 4.69) is 46.6 Å². The molecule has 1 saturated carbocycles. The number of nitrogens with zero attached hydrogens (tertiary/aromatic N) is 2. The Bertz CT molecular complexity index is 702. The predicted octanol–water partition coefficient (Wildman–Crippen LogP) is 3.69. The van der Waals surface area contributed by atoms with Crippen LogP contribution in [0, 0.1) is 19.8 Å². The summed E-state index contributed by atoms with van der Waals surface area (Å²) in [6.07, 6.45) is 4.45. The SMILES string of the molecule is Cc1cccc(C2CC(N[C@@H](c3nc(C)no3)C3CCOCC3)C2)c1. The number of nitrogens with one attached hydrogen (secondary N) is 1. The second-order valence-corrected chi connectivity index (χ2v) is 7.55. The zero-order valence-corrected chi connectivity index (χ0v) is 15.1. The third kappa shape index (κ3) is 3.77. The Morgan fingerprint density at radius 1 is 1.16 bits per heavy atom. The molecule has 4 rings (SSSR count). The molecule has 0 spiro atoms. The molecule has 5 heteroatoms. The Morgan fingerprint density at radius 3 is 2.64 bits per heavy atom. The molecule has 1 saturated heterocycles. The van der Waals surface area contributed by atoms with E-state index in [1.54, 1.807) is 0 Å². The summed E-state index contributed by atoms with van der Waals surface area (Å²) in [5, 5.41) is 7.81. The van der Waals surface area contributed by atoms with Crippen LogP contribution in [0.25, 0.3) is 0 Å². The van der Waals surface area contributed by atoms with E-state index in [0.29, 0.717) is 23.7 Å². The fourth-order valence-corrected chi connectivity index (χ4v) is 4.10. The molecule has 0 unspecified atom stereocenters. The average Bonchev–Trinajstić information content (AvgIpc) is 3.01. The van der Waals surface area contributed by atoms with Crippen molar-refractivity contribution in [1.29, 1.82) is 0 Å². The van der Waals surface area contributed by atoms with Crippen molar-refractivity contribution in [2.45, 2.75) is 57.5 Å². The second kappa shape index (κ2) is 7.26. The normalized spacial score (nSPS) is 25.5. The van der Waals surface area contributed by atoms with Crippen LogP contribution in [0.5, 0.6) is 0 Å². The molecular weight excluding hydrogens is 314 g/mol. The largest absolute Gasteiger partial charge is 0.381 e. The molecule has 1 N–H and O–H groups in total. The zero-order valence-electron chi connectivity index (χ0n) is 15.1. The van der Waals surface area contributed by atoms with Gasteiger partial charge in [-0.05, 0) is 56.9 Å². The number of aryl methyl sites for hydroxylation is 2. The molecule has 1 aliphatic heterocycles. The summed E-state index contributed by atoms with van der Waals surface area (Å²) in [6.45, 7) is 5.70. The first-order valence-electron chi connectivity index (χ1n) is 9.39. The van der Waals surface area contributed by atoms with Gasteiger partial charge in [0.15, 0.2) is 5.82 Å². The molecule has 1 aromatic carbocycles. The highest BCUT2D eigenvalue weighted by Gasteiger charge is 2.36. The highest BCUT2D eigenvalue weighted by molar-refractivity contribution is 5.27. The van der Waals surface area contributed by atoms with E-state index in [1.807, 2.05) is 6.92 Å². The molecule has 25 heavy (non-hydrogen) atoms. The van der Waals surface area contributed by atoms with Crippen LogP contribution >= 0.6 is 0 Å². The van der Waals surface area contributed by atoms with Gasteiger partial charge in [0.2, 0.25) is 5.89 Å². The lowest BCUT2D eigenvalue weighted by Gasteiger charge is -2.40. The summed E-state index contributed by atoms with van der Waals surface area (Å²) in [5.74, 6) is 2.62. The van der Waals surface area contributed by atoms with E-state index in [9.17, 15) is 0 Å². The van der Waals surface area contributed by atoms with Crippen molar-refractivity contribution >= 4 is 0 Å². The summed E-state index contributed by atoms with van der Waals surface area (Å²) >= 11 is 0. The number of benzene rings is 1. The van der Waals surface area contributed by atoms with E-state index >= 15 is 0 Å². The lowest BCUT2D eigenvalue weighted by Crippen LogP contribution is -2.45. The van der Waals surface area contributed by atoms with E-state index in [-0.39, 0.29) is 6.04 Å². The van der Waals surface area contributed by atoms with Crippen molar-refractivity contribution < 1.29 is 9.26 Å². The Kier molecular flexibility index (Phi) is 4.86. The Balaban J connectivity index is 1.41. The van der Waals surface area contributed by atoms with Crippen molar-refractivity contribution in [3.05, 3.63) is 47.1 Å². The van der Waals surface area contributed by atoms with Gasteiger partial charge in [-0.2, -0.15) is 4.98 Å². The fourth-order valence-electron chi connectivity index (χ4n) is 4.10. The minimum atomic E-state index is 0.147. The number of ether oxygens (including phenoxy) is 1. The lowest BCUT2D eigenvalue weighted by atomic mass is 9.75. The van der Waals surface area contributed by atoms with Gasteiger partial charge in [-0.3, -0.25) is 0 Å².